The van der Waals surface area contributed by atoms with Crippen LogP contribution in [0.4, 0.5) is 18.2 Å². The molecule has 1 aromatic rings. The Morgan fingerprint density at radius 3 is 2.68 bits per heavy atom. The van der Waals surface area contributed by atoms with Crippen LogP contribution in [-0.4, -0.2) is 12.1 Å². The van der Waals surface area contributed by atoms with E-state index < -0.39 is 18.5 Å². The van der Waals surface area contributed by atoms with E-state index >= 15 is 0 Å². The van der Waals surface area contributed by atoms with Gasteiger partial charge in [-0.15, -0.1) is 11.3 Å². The minimum Gasteiger partial charge on any atom is -0.316 e. The monoisotopic (exact) mass is 288 g/mol. The molecule has 102 valence electrons. The van der Waals surface area contributed by atoms with Gasteiger partial charge in [-0.2, -0.15) is 18.4 Å². The number of nitrogens with zero attached hydrogens (tertiary/aromatic N) is 1. The number of nitriles is 1. The number of carbonyl (C=O) groups excluding carboxylic acids is 1. The summed E-state index contributed by atoms with van der Waals surface area (Å²) < 4.78 is 36.3. The second-order valence-corrected chi connectivity index (χ2v) is 5.47. The van der Waals surface area contributed by atoms with Crippen molar-refractivity contribution in [2.75, 3.05) is 5.32 Å². The third-order valence-electron chi connectivity index (χ3n) is 2.90. The molecule has 0 atom stereocenters. The summed E-state index contributed by atoms with van der Waals surface area (Å²) >= 11 is 1.22. The van der Waals surface area contributed by atoms with Crippen molar-refractivity contribution >= 4 is 22.2 Å². The Bertz CT molecular complexity index is 542. The standard InChI is InChI=1S/C12H11F3N2OS/c13-12(14,15)5-10(18)17-11-8(6-16)7-3-1-2-4-9(7)19-11/h1-5H2,(H,17,18). The van der Waals surface area contributed by atoms with Crippen LogP contribution in [0, 0.1) is 11.3 Å². The molecule has 1 heterocycles. The first kappa shape index (κ1) is 13.9. The number of thiophene rings is 1. The molecule has 0 unspecified atom stereocenters. The second kappa shape index (κ2) is 5.21. The average Bonchev–Trinajstić information content (AvgIpc) is 2.63. The van der Waals surface area contributed by atoms with Crippen LogP contribution in [0.25, 0.3) is 0 Å². The molecule has 0 fully saturated rings. The fourth-order valence-electron chi connectivity index (χ4n) is 2.13. The number of fused-ring (bicyclic) bond motifs is 1. The van der Waals surface area contributed by atoms with Gasteiger partial charge in [0.25, 0.3) is 0 Å². The van der Waals surface area contributed by atoms with Gasteiger partial charge in [-0.25, -0.2) is 0 Å². The molecule has 0 aromatic carbocycles. The Morgan fingerprint density at radius 1 is 1.37 bits per heavy atom. The number of halogens is 3. The Balaban J connectivity index is 2.19. The van der Waals surface area contributed by atoms with Crippen molar-refractivity contribution in [1.82, 2.24) is 0 Å². The van der Waals surface area contributed by atoms with Gasteiger partial charge in [-0.05, 0) is 31.2 Å². The lowest BCUT2D eigenvalue weighted by Gasteiger charge is -2.09. The molecule has 0 radical (unpaired) electrons. The number of rotatable bonds is 2. The van der Waals surface area contributed by atoms with Crippen LogP contribution < -0.4 is 5.32 Å². The normalized spacial score (nSPS) is 14.6. The lowest BCUT2D eigenvalue weighted by Crippen LogP contribution is -2.21. The van der Waals surface area contributed by atoms with E-state index in [-0.39, 0.29) is 5.00 Å². The number of alkyl halides is 3. The smallest absolute Gasteiger partial charge is 0.316 e. The summed E-state index contributed by atoms with van der Waals surface area (Å²) in [7, 11) is 0. The van der Waals surface area contributed by atoms with Crippen molar-refractivity contribution in [3.8, 4) is 6.07 Å². The number of amides is 1. The van der Waals surface area contributed by atoms with Gasteiger partial charge in [0.05, 0.1) is 5.56 Å². The summed E-state index contributed by atoms with van der Waals surface area (Å²) in [5.41, 5.74) is 1.22. The molecule has 0 saturated heterocycles. The summed E-state index contributed by atoms with van der Waals surface area (Å²) in [5, 5.41) is 11.6. The molecule has 1 aliphatic carbocycles. The minimum absolute atomic E-state index is 0.253. The third-order valence-corrected chi connectivity index (χ3v) is 4.10. The Hall–Kier alpha value is -1.55. The molecule has 0 bridgehead atoms. The number of nitrogens with one attached hydrogen (secondary N) is 1. The minimum atomic E-state index is -4.53. The molecule has 1 aliphatic rings. The average molecular weight is 288 g/mol. The van der Waals surface area contributed by atoms with Crippen LogP contribution in [0.5, 0.6) is 0 Å². The first-order chi connectivity index (χ1) is 8.90. The van der Waals surface area contributed by atoms with Gasteiger partial charge < -0.3 is 5.32 Å². The number of carbonyl (C=O) groups is 1. The molecule has 1 N–H and O–H groups in total. The quantitative estimate of drug-likeness (QED) is 0.907. The van der Waals surface area contributed by atoms with Crippen molar-refractivity contribution in [2.45, 2.75) is 38.3 Å². The molecule has 19 heavy (non-hydrogen) atoms. The molecule has 0 spiro atoms. The summed E-state index contributed by atoms with van der Waals surface area (Å²) in [5.74, 6) is -1.12. The zero-order chi connectivity index (χ0) is 14.0. The van der Waals surface area contributed by atoms with Crippen LogP contribution >= 0.6 is 11.3 Å². The van der Waals surface area contributed by atoms with Gasteiger partial charge in [0.15, 0.2) is 0 Å². The van der Waals surface area contributed by atoms with E-state index in [0.29, 0.717) is 5.56 Å². The van der Waals surface area contributed by atoms with Crippen LogP contribution in [-0.2, 0) is 17.6 Å². The van der Waals surface area contributed by atoms with Crippen molar-refractivity contribution in [2.24, 2.45) is 0 Å². The highest BCUT2D eigenvalue weighted by molar-refractivity contribution is 7.16. The van der Waals surface area contributed by atoms with Gasteiger partial charge in [-0.1, -0.05) is 0 Å². The first-order valence-corrected chi connectivity index (χ1v) is 6.63. The fourth-order valence-corrected chi connectivity index (χ4v) is 3.38. The predicted octanol–water partition coefficient (Wildman–Crippen LogP) is 3.39. The second-order valence-electron chi connectivity index (χ2n) is 4.37. The lowest BCUT2D eigenvalue weighted by atomic mass is 9.96. The maximum Gasteiger partial charge on any atom is 0.397 e. The molecule has 1 aromatic heterocycles. The van der Waals surface area contributed by atoms with E-state index in [9.17, 15) is 18.0 Å². The van der Waals surface area contributed by atoms with E-state index in [1.807, 2.05) is 6.07 Å². The van der Waals surface area contributed by atoms with Gasteiger partial charge in [0.1, 0.15) is 17.5 Å². The van der Waals surface area contributed by atoms with E-state index in [2.05, 4.69) is 5.32 Å². The number of anilines is 1. The molecular weight excluding hydrogens is 277 g/mol. The molecule has 0 saturated carbocycles. The van der Waals surface area contributed by atoms with Crippen molar-refractivity contribution < 1.29 is 18.0 Å². The van der Waals surface area contributed by atoms with Crippen LogP contribution in [0.3, 0.4) is 0 Å². The zero-order valence-corrected chi connectivity index (χ0v) is 10.7. The molecule has 1 amide bonds. The summed E-state index contributed by atoms with van der Waals surface area (Å²) in [6.45, 7) is 0. The highest BCUT2D eigenvalue weighted by atomic mass is 32.1. The van der Waals surface area contributed by atoms with E-state index in [4.69, 9.17) is 5.26 Å². The van der Waals surface area contributed by atoms with Gasteiger partial charge in [0, 0.05) is 4.88 Å². The zero-order valence-electron chi connectivity index (χ0n) is 9.93. The summed E-state index contributed by atoms with van der Waals surface area (Å²) in [6, 6.07) is 1.99. The van der Waals surface area contributed by atoms with Crippen molar-refractivity contribution in [3.05, 3.63) is 16.0 Å². The summed E-state index contributed by atoms with van der Waals surface area (Å²) in [6.07, 6.45) is -2.51. The lowest BCUT2D eigenvalue weighted by molar-refractivity contribution is -0.150. The van der Waals surface area contributed by atoms with Gasteiger partial charge in [0.2, 0.25) is 5.91 Å². The van der Waals surface area contributed by atoms with E-state index in [1.165, 1.54) is 11.3 Å². The molecule has 2 rings (SSSR count). The van der Waals surface area contributed by atoms with Gasteiger partial charge >= 0.3 is 6.18 Å². The molecule has 3 nitrogen and oxygen atoms in total. The van der Waals surface area contributed by atoms with Crippen LogP contribution in [0.15, 0.2) is 0 Å². The highest BCUT2D eigenvalue weighted by Crippen LogP contribution is 2.37. The number of hydrogen-bond donors (Lipinski definition) is 1. The van der Waals surface area contributed by atoms with Crippen molar-refractivity contribution in [1.29, 1.82) is 5.26 Å². The maximum atomic E-state index is 12.1. The Morgan fingerprint density at radius 2 is 2.05 bits per heavy atom. The highest BCUT2D eigenvalue weighted by Gasteiger charge is 2.32. The molecular formula is C12H11F3N2OS. The fraction of sp³-hybridized carbons (Fsp3) is 0.500. The largest absolute Gasteiger partial charge is 0.397 e. The maximum absolute atomic E-state index is 12.1. The van der Waals surface area contributed by atoms with Crippen LogP contribution in [0.2, 0.25) is 0 Å². The van der Waals surface area contributed by atoms with E-state index in [1.54, 1.807) is 0 Å². The van der Waals surface area contributed by atoms with Crippen LogP contribution in [0.1, 0.15) is 35.3 Å². The predicted molar refractivity (Wildman–Crippen MR) is 65.0 cm³/mol. The number of hydrogen-bond acceptors (Lipinski definition) is 3. The summed E-state index contributed by atoms with van der Waals surface area (Å²) in [4.78, 5) is 12.3. The Labute approximate surface area is 112 Å². The third kappa shape index (κ3) is 3.26. The van der Waals surface area contributed by atoms with Gasteiger partial charge in [-0.3, -0.25) is 4.79 Å². The van der Waals surface area contributed by atoms with E-state index in [0.717, 1.165) is 36.1 Å². The first-order valence-electron chi connectivity index (χ1n) is 5.82. The van der Waals surface area contributed by atoms with Crippen molar-refractivity contribution in [3.63, 3.8) is 0 Å². The topological polar surface area (TPSA) is 52.9 Å². The Kier molecular flexibility index (Phi) is 3.80. The number of aryl methyl sites for hydroxylation is 1. The molecule has 7 heteroatoms. The molecule has 0 aliphatic heterocycles. The SMILES string of the molecule is N#Cc1c(NC(=O)CC(F)(F)F)sc2c1CCCC2.